The molecule has 5 N–H and O–H groups in total. The first-order chi connectivity index (χ1) is 14.8. The van der Waals surface area contributed by atoms with Crippen LogP contribution < -0.4 is 11.1 Å². The molecule has 1 aromatic heterocycles. The van der Waals surface area contributed by atoms with Crippen LogP contribution in [0.5, 0.6) is 0 Å². The monoisotopic (exact) mass is 460 g/mol. The molecule has 3 heterocycles. The first kappa shape index (κ1) is 21.2. The number of nitrogens with two attached hydrogens (primary N) is 1. The van der Waals surface area contributed by atoms with Crippen molar-refractivity contribution in [2.24, 2.45) is 0 Å². The van der Waals surface area contributed by atoms with Crippen molar-refractivity contribution in [2.75, 3.05) is 17.2 Å². The van der Waals surface area contributed by atoms with Gasteiger partial charge in [-0.1, -0.05) is 30.0 Å². The minimum absolute atomic E-state index is 0.0219. The summed E-state index contributed by atoms with van der Waals surface area (Å²) in [5, 5.41) is 19.3. The van der Waals surface area contributed by atoms with Crippen LogP contribution in [0.2, 0.25) is 0 Å². The molecule has 2 atom stereocenters. The third-order valence-electron chi connectivity index (χ3n) is 4.92. The predicted octanol–water partition coefficient (Wildman–Crippen LogP) is 0.769. The molecule has 2 aromatic rings. The van der Waals surface area contributed by atoms with Gasteiger partial charge < -0.3 is 16.2 Å². The van der Waals surface area contributed by atoms with Crippen molar-refractivity contribution in [1.29, 1.82) is 0 Å². The van der Waals surface area contributed by atoms with Crippen molar-refractivity contribution in [2.45, 2.75) is 29.9 Å². The highest BCUT2D eigenvalue weighted by Gasteiger charge is 2.54. The minimum atomic E-state index is -1.16. The van der Waals surface area contributed by atoms with E-state index in [1.54, 1.807) is 31.2 Å². The maximum absolute atomic E-state index is 12.7. The van der Waals surface area contributed by atoms with Gasteiger partial charge in [0.2, 0.25) is 11.1 Å². The SMILES string of the molecule is Cc1nc(SCC2=C(C(=O)O)N3C(=O)C(NC(=O)Cc4ccccc4N)[C@H]3SC2)n[nH]1. The highest BCUT2D eigenvalue weighted by atomic mass is 32.2. The molecule has 1 aromatic carbocycles. The lowest BCUT2D eigenvalue weighted by molar-refractivity contribution is -0.150. The molecule has 2 aliphatic heterocycles. The topological polar surface area (TPSA) is 154 Å². The van der Waals surface area contributed by atoms with Crippen LogP contribution in [0.25, 0.3) is 0 Å². The normalized spacial score (nSPS) is 20.3. The van der Waals surface area contributed by atoms with Crippen molar-refractivity contribution < 1.29 is 19.5 Å². The largest absolute Gasteiger partial charge is 0.477 e. The number of carbonyl (C=O) groups excluding carboxylic acids is 2. The lowest BCUT2D eigenvalue weighted by Gasteiger charge is -2.49. The standard InChI is InChI=1S/C19H20N6O4S2/c1-9-21-19(24-23-9)31-8-11-7-30-17-14(16(27)25(17)15(11)18(28)29)22-13(26)6-10-4-2-3-5-12(10)20/h2-5,14,17H,6-8,20H2,1H3,(H,22,26)(H,28,29)(H,21,23,24)/t14?,17-/m1/s1. The fourth-order valence-corrected chi connectivity index (χ4v) is 5.75. The first-order valence-corrected chi connectivity index (χ1v) is 11.4. The van der Waals surface area contributed by atoms with Gasteiger partial charge >= 0.3 is 5.97 Å². The Morgan fingerprint density at radius 1 is 1.42 bits per heavy atom. The van der Waals surface area contributed by atoms with Gasteiger partial charge in [-0.05, 0) is 24.1 Å². The highest BCUT2D eigenvalue weighted by Crippen LogP contribution is 2.41. The van der Waals surface area contributed by atoms with Gasteiger partial charge in [0.15, 0.2) is 0 Å². The van der Waals surface area contributed by atoms with Crippen LogP contribution in [0.4, 0.5) is 5.69 Å². The fraction of sp³-hybridized carbons (Fsp3) is 0.316. The minimum Gasteiger partial charge on any atom is -0.477 e. The molecule has 162 valence electrons. The number of aliphatic carboxylic acids is 1. The summed E-state index contributed by atoms with van der Waals surface area (Å²) in [7, 11) is 0. The van der Waals surface area contributed by atoms with Gasteiger partial charge in [0.25, 0.3) is 5.91 Å². The van der Waals surface area contributed by atoms with E-state index in [0.717, 1.165) is 0 Å². The van der Waals surface area contributed by atoms with Crippen LogP contribution in [0.15, 0.2) is 40.7 Å². The third-order valence-corrected chi connectivity index (χ3v) is 7.20. The smallest absolute Gasteiger partial charge is 0.352 e. The zero-order valence-corrected chi connectivity index (χ0v) is 18.1. The van der Waals surface area contributed by atoms with Gasteiger partial charge in [-0.15, -0.1) is 16.9 Å². The Morgan fingerprint density at radius 2 is 2.19 bits per heavy atom. The Kier molecular flexibility index (Phi) is 5.92. The second-order valence-corrected chi connectivity index (χ2v) is 9.13. The molecule has 31 heavy (non-hydrogen) atoms. The van der Waals surface area contributed by atoms with E-state index >= 15 is 0 Å². The lowest BCUT2D eigenvalue weighted by atomic mass is 10.0. The van der Waals surface area contributed by atoms with Gasteiger partial charge in [0.05, 0.1) is 6.42 Å². The number of hydrogen-bond donors (Lipinski definition) is 4. The van der Waals surface area contributed by atoms with E-state index in [9.17, 15) is 19.5 Å². The molecule has 1 unspecified atom stereocenters. The van der Waals surface area contributed by atoms with Crippen molar-refractivity contribution in [3.05, 3.63) is 46.9 Å². The van der Waals surface area contributed by atoms with Crippen molar-refractivity contribution in [3.8, 4) is 0 Å². The molecule has 2 aliphatic rings. The molecule has 0 bridgehead atoms. The van der Waals surface area contributed by atoms with E-state index in [1.807, 2.05) is 0 Å². The predicted molar refractivity (Wildman–Crippen MR) is 116 cm³/mol. The summed E-state index contributed by atoms with van der Waals surface area (Å²) < 4.78 is 0. The summed E-state index contributed by atoms with van der Waals surface area (Å²) in [5.41, 5.74) is 7.65. The van der Waals surface area contributed by atoms with Crippen molar-refractivity contribution in [1.82, 2.24) is 25.4 Å². The second-order valence-electron chi connectivity index (χ2n) is 7.08. The van der Waals surface area contributed by atoms with Crippen LogP contribution in [-0.4, -0.2) is 65.9 Å². The number of fused-ring (bicyclic) bond motifs is 1. The Bertz CT molecular complexity index is 1080. The van der Waals surface area contributed by atoms with Crippen LogP contribution >= 0.6 is 23.5 Å². The number of nitrogens with one attached hydrogen (secondary N) is 2. The number of aromatic nitrogens is 3. The number of carbonyl (C=O) groups is 3. The summed E-state index contributed by atoms with van der Waals surface area (Å²) in [5.74, 6) is -0.472. The summed E-state index contributed by atoms with van der Waals surface area (Å²) in [6, 6.07) is 6.27. The number of nitrogens with zero attached hydrogens (tertiary/aromatic N) is 3. The molecule has 0 saturated carbocycles. The summed E-state index contributed by atoms with van der Waals surface area (Å²) in [6.07, 6.45) is 0.0490. The average molecular weight is 461 g/mol. The van der Waals surface area contributed by atoms with Crippen molar-refractivity contribution >= 4 is 47.0 Å². The number of anilines is 1. The number of amides is 2. The Balaban J connectivity index is 1.43. The van der Waals surface area contributed by atoms with Crippen LogP contribution in [0.3, 0.4) is 0 Å². The number of thioether (sulfide) groups is 2. The molecular weight excluding hydrogens is 440 g/mol. The zero-order chi connectivity index (χ0) is 22.1. The number of nitrogen functional groups attached to an aromatic ring is 1. The van der Waals surface area contributed by atoms with Gasteiger partial charge in [0.1, 0.15) is 22.9 Å². The maximum atomic E-state index is 12.7. The number of benzene rings is 1. The van der Waals surface area contributed by atoms with Gasteiger partial charge in [-0.25, -0.2) is 9.78 Å². The fourth-order valence-electron chi connectivity index (χ4n) is 3.43. The third kappa shape index (κ3) is 4.26. The molecule has 0 radical (unpaired) electrons. The summed E-state index contributed by atoms with van der Waals surface area (Å²) >= 11 is 2.73. The molecule has 0 spiro atoms. The number of hydrogen-bond acceptors (Lipinski definition) is 8. The number of H-pyrrole nitrogens is 1. The van der Waals surface area contributed by atoms with Crippen LogP contribution in [0.1, 0.15) is 11.4 Å². The number of rotatable bonds is 7. The van der Waals surface area contributed by atoms with E-state index in [4.69, 9.17) is 5.73 Å². The Hall–Kier alpha value is -2.99. The van der Waals surface area contributed by atoms with E-state index in [0.29, 0.717) is 39.3 Å². The molecule has 2 amide bonds. The molecule has 10 nitrogen and oxygen atoms in total. The molecule has 1 fully saturated rings. The summed E-state index contributed by atoms with van der Waals surface area (Å²) in [6.45, 7) is 1.78. The second kappa shape index (κ2) is 8.63. The van der Waals surface area contributed by atoms with Gasteiger partial charge in [-0.2, -0.15) is 0 Å². The number of carboxylic acid groups (broad SMARTS) is 1. The van der Waals surface area contributed by atoms with E-state index in [1.165, 1.54) is 28.4 Å². The van der Waals surface area contributed by atoms with E-state index in [-0.39, 0.29) is 18.0 Å². The van der Waals surface area contributed by atoms with Gasteiger partial charge in [-0.3, -0.25) is 19.6 Å². The molecule has 4 rings (SSSR count). The van der Waals surface area contributed by atoms with E-state index < -0.39 is 23.3 Å². The number of β-lactam (4-membered cyclic amide) rings is 1. The number of aromatic amines is 1. The van der Waals surface area contributed by atoms with Crippen LogP contribution in [0, 0.1) is 6.92 Å². The molecule has 12 heteroatoms. The van der Waals surface area contributed by atoms with Crippen LogP contribution in [-0.2, 0) is 20.8 Å². The van der Waals surface area contributed by atoms with E-state index in [2.05, 4.69) is 20.5 Å². The quantitative estimate of drug-likeness (QED) is 0.266. The molecular formula is C19H20N6O4S2. The molecule has 1 saturated heterocycles. The Labute approximate surface area is 186 Å². The average Bonchev–Trinajstić information content (AvgIpc) is 3.16. The zero-order valence-electron chi connectivity index (χ0n) is 16.5. The van der Waals surface area contributed by atoms with Crippen molar-refractivity contribution in [3.63, 3.8) is 0 Å². The van der Waals surface area contributed by atoms with Gasteiger partial charge in [0, 0.05) is 17.2 Å². The Morgan fingerprint density at radius 3 is 2.87 bits per heavy atom. The number of carboxylic acids is 1. The maximum Gasteiger partial charge on any atom is 0.352 e. The number of aryl methyl sites for hydroxylation is 1. The molecule has 0 aliphatic carbocycles. The highest BCUT2D eigenvalue weighted by molar-refractivity contribution is 8.01. The first-order valence-electron chi connectivity index (χ1n) is 9.39. The summed E-state index contributed by atoms with van der Waals surface area (Å²) in [4.78, 5) is 42.5. The number of para-hydroxylation sites is 1. The lowest BCUT2D eigenvalue weighted by Crippen LogP contribution is -2.70.